The van der Waals surface area contributed by atoms with Gasteiger partial charge in [-0.25, -0.2) is 0 Å². The Labute approximate surface area is 110 Å². The first-order valence-corrected chi connectivity index (χ1v) is 7.72. The number of anilines is 1. The van der Waals surface area contributed by atoms with Gasteiger partial charge in [-0.1, -0.05) is 18.2 Å². The van der Waals surface area contributed by atoms with Crippen LogP contribution in [-0.2, 0) is 22.0 Å². The molecule has 1 aromatic rings. The van der Waals surface area contributed by atoms with Crippen molar-refractivity contribution in [3.8, 4) is 0 Å². The fourth-order valence-corrected chi connectivity index (χ4v) is 2.15. The molecule has 1 atom stereocenters. The van der Waals surface area contributed by atoms with E-state index < -0.39 is 10.8 Å². The van der Waals surface area contributed by atoms with Gasteiger partial charge < -0.3 is 11.1 Å². The smallest absolute Gasteiger partial charge is 0.220 e. The van der Waals surface area contributed by atoms with Crippen molar-refractivity contribution >= 4 is 22.4 Å². The van der Waals surface area contributed by atoms with Crippen molar-refractivity contribution in [2.75, 3.05) is 24.3 Å². The standard InChI is InChI=1S/C13H20N2O2S/c1-18(17)10-4-9-15-13(16)8-7-11-5-2-3-6-12(11)14/h2-3,5-6H,4,7-10,14H2,1H3,(H,15,16). The molecule has 0 saturated heterocycles. The first kappa shape index (κ1) is 14.7. The summed E-state index contributed by atoms with van der Waals surface area (Å²) in [5.41, 5.74) is 7.53. The highest BCUT2D eigenvalue weighted by molar-refractivity contribution is 7.84. The lowest BCUT2D eigenvalue weighted by molar-refractivity contribution is -0.121. The van der Waals surface area contributed by atoms with Crippen molar-refractivity contribution in [1.29, 1.82) is 0 Å². The summed E-state index contributed by atoms with van der Waals surface area (Å²) < 4.78 is 10.8. The van der Waals surface area contributed by atoms with Crippen LogP contribution in [0.4, 0.5) is 5.69 Å². The van der Waals surface area contributed by atoms with E-state index in [4.69, 9.17) is 5.73 Å². The maximum atomic E-state index is 11.5. The van der Waals surface area contributed by atoms with Crippen molar-refractivity contribution < 1.29 is 9.00 Å². The minimum absolute atomic E-state index is 0.0140. The van der Waals surface area contributed by atoms with Crippen LogP contribution in [-0.4, -0.2) is 28.7 Å². The second kappa shape index (κ2) is 7.87. The van der Waals surface area contributed by atoms with Crippen LogP contribution in [0.25, 0.3) is 0 Å². The van der Waals surface area contributed by atoms with Gasteiger partial charge in [0.15, 0.2) is 0 Å². The number of aryl methyl sites for hydroxylation is 1. The van der Waals surface area contributed by atoms with Gasteiger partial charge >= 0.3 is 0 Å². The van der Waals surface area contributed by atoms with E-state index in [1.165, 1.54) is 0 Å². The average Bonchev–Trinajstić information content (AvgIpc) is 2.33. The van der Waals surface area contributed by atoms with Gasteiger partial charge in [0.25, 0.3) is 0 Å². The van der Waals surface area contributed by atoms with Crippen molar-refractivity contribution in [3.63, 3.8) is 0 Å². The zero-order valence-electron chi connectivity index (χ0n) is 10.6. The molecular weight excluding hydrogens is 248 g/mol. The van der Waals surface area contributed by atoms with E-state index in [9.17, 15) is 9.00 Å². The van der Waals surface area contributed by atoms with Gasteiger partial charge in [-0.05, 0) is 24.5 Å². The number of nitrogens with two attached hydrogens (primary N) is 1. The quantitative estimate of drug-likeness (QED) is 0.574. The van der Waals surface area contributed by atoms with Gasteiger partial charge in [-0.2, -0.15) is 0 Å². The van der Waals surface area contributed by atoms with Gasteiger partial charge in [0.05, 0.1) is 0 Å². The molecule has 1 amide bonds. The fraction of sp³-hybridized carbons (Fsp3) is 0.462. The van der Waals surface area contributed by atoms with Crippen LogP contribution in [0.2, 0.25) is 0 Å². The van der Waals surface area contributed by atoms with Crippen LogP contribution in [0.3, 0.4) is 0 Å². The number of rotatable bonds is 7. The molecule has 3 N–H and O–H groups in total. The molecule has 0 saturated carbocycles. The third-order valence-corrected chi connectivity index (χ3v) is 3.47. The summed E-state index contributed by atoms with van der Waals surface area (Å²) in [7, 11) is -0.785. The zero-order valence-corrected chi connectivity index (χ0v) is 11.5. The number of amides is 1. The van der Waals surface area contributed by atoms with Crippen molar-refractivity contribution in [3.05, 3.63) is 29.8 Å². The van der Waals surface area contributed by atoms with E-state index in [0.717, 1.165) is 17.7 Å². The topological polar surface area (TPSA) is 72.2 Å². The highest BCUT2D eigenvalue weighted by Gasteiger charge is 2.03. The number of carbonyl (C=O) groups is 1. The molecule has 0 heterocycles. The predicted octanol–water partition coefficient (Wildman–Crippen LogP) is 1.09. The van der Waals surface area contributed by atoms with Crippen molar-refractivity contribution in [2.24, 2.45) is 0 Å². The number of nitrogens with one attached hydrogen (secondary N) is 1. The largest absolute Gasteiger partial charge is 0.399 e. The highest BCUT2D eigenvalue weighted by Crippen LogP contribution is 2.12. The molecule has 0 aliphatic carbocycles. The van der Waals surface area contributed by atoms with E-state index in [2.05, 4.69) is 5.32 Å². The Balaban J connectivity index is 2.21. The molecule has 18 heavy (non-hydrogen) atoms. The first-order valence-electron chi connectivity index (χ1n) is 5.99. The molecule has 4 nitrogen and oxygen atoms in total. The van der Waals surface area contributed by atoms with E-state index in [1.54, 1.807) is 6.26 Å². The Morgan fingerprint density at radius 2 is 2.11 bits per heavy atom. The molecule has 0 aliphatic heterocycles. The van der Waals surface area contributed by atoms with E-state index >= 15 is 0 Å². The van der Waals surface area contributed by atoms with Crippen LogP contribution >= 0.6 is 0 Å². The molecule has 0 aromatic heterocycles. The summed E-state index contributed by atoms with van der Waals surface area (Å²) in [6, 6.07) is 7.57. The minimum atomic E-state index is -0.785. The second-order valence-electron chi connectivity index (χ2n) is 4.18. The van der Waals surface area contributed by atoms with E-state index in [0.29, 0.717) is 25.1 Å². The van der Waals surface area contributed by atoms with E-state index in [-0.39, 0.29) is 5.91 Å². The zero-order chi connectivity index (χ0) is 13.4. The van der Waals surface area contributed by atoms with Crippen LogP contribution in [0.15, 0.2) is 24.3 Å². The Hall–Kier alpha value is -1.36. The summed E-state index contributed by atoms with van der Waals surface area (Å²) in [5.74, 6) is 0.645. The molecule has 1 unspecified atom stereocenters. The van der Waals surface area contributed by atoms with Crippen molar-refractivity contribution in [1.82, 2.24) is 5.32 Å². The normalized spacial score (nSPS) is 12.1. The van der Waals surface area contributed by atoms with Gasteiger partial charge in [-0.3, -0.25) is 9.00 Å². The van der Waals surface area contributed by atoms with E-state index in [1.807, 2.05) is 24.3 Å². The van der Waals surface area contributed by atoms with Gasteiger partial charge in [0.1, 0.15) is 0 Å². The number of nitrogen functional groups attached to an aromatic ring is 1. The molecule has 0 bridgehead atoms. The second-order valence-corrected chi connectivity index (χ2v) is 5.73. The van der Waals surface area contributed by atoms with Gasteiger partial charge in [0.2, 0.25) is 5.91 Å². The fourth-order valence-electron chi connectivity index (χ4n) is 1.60. The summed E-state index contributed by atoms with van der Waals surface area (Å²) in [6.45, 7) is 0.586. The predicted molar refractivity (Wildman–Crippen MR) is 75.7 cm³/mol. The minimum Gasteiger partial charge on any atom is -0.399 e. The lowest BCUT2D eigenvalue weighted by Gasteiger charge is -2.06. The number of hydrogen-bond acceptors (Lipinski definition) is 3. The lowest BCUT2D eigenvalue weighted by atomic mass is 10.1. The van der Waals surface area contributed by atoms with Crippen LogP contribution in [0.5, 0.6) is 0 Å². The van der Waals surface area contributed by atoms with Crippen LogP contribution < -0.4 is 11.1 Å². The molecule has 0 radical (unpaired) electrons. The molecule has 5 heteroatoms. The summed E-state index contributed by atoms with van der Waals surface area (Å²) in [4.78, 5) is 11.5. The average molecular weight is 268 g/mol. The summed E-state index contributed by atoms with van der Waals surface area (Å²) in [6.07, 6.45) is 3.50. The maximum Gasteiger partial charge on any atom is 0.220 e. The van der Waals surface area contributed by atoms with Crippen molar-refractivity contribution in [2.45, 2.75) is 19.3 Å². The lowest BCUT2D eigenvalue weighted by Crippen LogP contribution is -2.25. The Kier molecular flexibility index (Phi) is 6.43. The number of benzene rings is 1. The molecule has 0 spiro atoms. The molecular formula is C13H20N2O2S. The Morgan fingerprint density at radius 3 is 2.78 bits per heavy atom. The maximum absolute atomic E-state index is 11.5. The van der Waals surface area contributed by atoms with Crippen LogP contribution in [0, 0.1) is 0 Å². The monoisotopic (exact) mass is 268 g/mol. The number of hydrogen-bond donors (Lipinski definition) is 2. The summed E-state index contributed by atoms with van der Waals surface area (Å²) in [5, 5.41) is 2.81. The molecule has 0 aliphatic rings. The number of carbonyl (C=O) groups excluding carboxylic acids is 1. The molecule has 1 rings (SSSR count). The molecule has 1 aromatic carbocycles. The Morgan fingerprint density at radius 1 is 1.39 bits per heavy atom. The van der Waals surface area contributed by atoms with Crippen LogP contribution in [0.1, 0.15) is 18.4 Å². The van der Waals surface area contributed by atoms with Gasteiger partial charge in [0, 0.05) is 41.5 Å². The third-order valence-electron chi connectivity index (χ3n) is 2.61. The molecule has 0 fully saturated rings. The first-order chi connectivity index (χ1) is 8.59. The van der Waals surface area contributed by atoms with Gasteiger partial charge in [-0.15, -0.1) is 0 Å². The third kappa shape index (κ3) is 5.82. The molecule has 100 valence electrons. The SMILES string of the molecule is CS(=O)CCCNC(=O)CCc1ccccc1N. The number of para-hydroxylation sites is 1. The Bertz CT molecular complexity index is 421. The summed E-state index contributed by atoms with van der Waals surface area (Å²) >= 11 is 0. The highest BCUT2D eigenvalue weighted by atomic mass is 32.2.